The topological polar surface area (TPSA) is 17.1 Å². The lowest BCUT2D eigenvalue weighted by Crippen LogP contribution is -2.19. The van der Waals surface area contributed by atoms with Crippen molar-refractivity contribution < 1.29 is 4.79 Å². The van der Waals surface area contributed by atoms with Gasteiger partial charge in [0.15, 0.2) is 5.78 Å². The first-order valence-corrected chi connectivity index (χ1v) is 6.10. The molecule has 0 saturated heterocycles. The Hall–Kier alpha value is -0.370. The van der Waals surface area contributed by atoms with Crippen molar-refractivity contribution in [2.45, 2.75) is 32.6 Å². The van der Waals surface area contributed by atoms with Crippen LogP contribution in [0.25, 0.3) is 0 Å². The Morgan fingerprint density at radius 3 is 3.00 bits per heavy atom. The van der Waals surface area contributed by atoms with Crippen molar-refractivity contribution in [2.24, 2.45) is 11.8 Å². The smallest absolute Gasteiger partial charge is 0.159 e. The van der Waals surface area contributed by atoms with E-state index in [0.29, 0.717) is 17.6 Å². The standard InChI is InChI=1S/C12H15BrO/c1-8-6-9(13)7-11-10(8)4-2-3-5-12(11)14/h6-8,10H,2-5H2,1H3. The summed E-state index contributed by atoms with van der Waals surface area (Å²) >= 11 is 3.48. The van der Waals surface area contributed by atoms with Gasteiger partial charge in [-0.25, -0.2) is 0 Å². The van der Waals surface area contributed by atoms with Crippen LogP contribution in [0.5, 0.6) is 0 Å². The first-order chi connectivity index (χ1) is 6.68. The van der Waals surface area contributed by atoms with Gasteiger partial charge in [-0.2, -0.15) is 0 Å². The molecular weight excluding hydrogens is 240 g/mol. The first kappa shape index (κ1) is 10.2. The Bertz CT molecular complexity index is 314. The molecule has 2 aliphatic rings. The van der Waals surface area contributed by atoms with E-state index >= 15 is 0 Å². The van der Waals surface area contributed by atoms with Gasteiger partial charge in [-0.05, 0) is 36.3 Å². The van der Waals surface area contributed by atoms with Gasteiger partial charge >= 0.3 is 0 Å². The van der Waals surface area contributed by atoms with Gasteiger partial charge in [0.05, 0.1) is 0 Å². The molecule has 1 saturated carbocycles. The fourth-order valence-corrected chi connectivity index (χ4v) is 3.12. The minimum atomic E-state index is 0.365. The summed E-state index contributed by atoms with van der Waals surface area (Å²) in [6.07, 6.45) is 8.43. The number of rotatable bonds is 0. The van der Waals surface area contributed by atoms with Gasteiger partial charge in [-0.1, -0.05) is 35.4 Å². The third-order valence-electron chi connectivity index (χ3n) is 3.24. The van der Waals surface area contributed by atoms with Crippen LogP contribution in [0, 0.1) is 11.8 Å². The molecule has 2 aliphatic carbocycles. The van der Waals surface area contributed by atoms with Crippen molar-refractivity contribution in [3.63, 3.8) is 0 Å². The number of Topliss-reactive ketones (excluding diaryl/α,β-unsaturated/α-hetero) is 1. The zero-order valence-corrected chi connectivity index (χ0v) is 10.0. The van der Waals surface area contributed by atoms with Crippen molar-refractivity contribution >= 4 is 21.7 Å². The maximum absolute atomic E-state index is 11.8. The summed E-state index contributed by atoms with van der Waals surface area (Å²) in [5, 5.41) is 0. The van der Waals surface area contributed by atoms with Crippen LogP contribution in [0.15, 0.2) is 22.2 Å². The number of fused-ring (bicyclic) bond motifs is 1. The van der Waals surface area contributed by atoms with E-state index in [9.17, 15) is 4.79 Å². The van der Waals surface area contributed by atoms with E-state index in [2.05, 4.69) is 28.9 Å². The predicted octanol–water partition coefficient (Wildman–Crippen LogP) is 3.60. The molecule has 2 heteroatoms. The third-order valence-corrected chi connectivity index (χ3v) is 3.73. The lowest BCUT2D eigenvalue weighted by molar-refractivity contribution is -0.116. The fourth-order valence-electron chi connectivity index (χ4n) is 2.45. The van der Waals surface area contributed by atoms with E-state index in [-0.39, 0.29) is 0 Å². The molecule has 0 amide bonds. The molecule has 0 radical (unpaired) electrons. The zero-order valence-electron chi connectivity index (χ0n) is 8.42. The largest absolute Gasteiger partial charge is 0.295 e. The molecular formula is C12H15BrO. The highest BCUT2D eigenvalue weighted by Crippen LogP contribution is 2.37. The van der Waals surface area contributed by atoms with Crippen LogP contribution in [0.2, 0.25) is 0 Å². The average Bonchev–Trinajstić information content (AvgIpc) is 2.29. The quantitative estimate of drug-likeness (QED) is 0.646. The minimum Gasteiger partial charge on any atom is -0.295 e. The van der Waals surface area contributed by atoms with Gasteiger partial charge in [0.25, 0.3) is 0 Å². The lowest BCUT2D eigenvalue weighted by atomic mass is 9.80. The summed E-state index contributed by atoms with van der Waals surface area (Å²) < 4.78 is 1.08. The molecule has 14 heavy (non-hydrogen) atoms. The van der Waals surface area contributed by atoms with Crippen LogP contribution in [-0.2, 0) is 4.79 Å². The van der Waals surface area contributed by atoms with E-state index in [4.69, 9.17) is 0 Å². The number of allylic oxidation sites excluding steroid dienone is 4. The van der Waals surface area contributed by atoms with E-state index in [0.717, 1.165) is 22.9 Å². The second-order valence-corrected chi connectivity index (χ2v) is 5.20. The SMILES string of the molecule is CC1C=C(Br)C=C2C(=O)CCCCC21. The molecule has 2 unspecified atom stereocenters. The summed E-state index contributed by atoms with van der Waals surface area (Å²) in [6.45, 7) is 2.21. The highest BCUT2D eigenvalue weighted by atomic mass is 79.9. The molecule has 2 rings (SSSR count). The van der Waals surface area contributed by atoms with Crippen LogP contribution >= 0.6 is 15.9 Å². The molecule has 0 aromatic carbocycles. The van der Waals surface area contributed by atoms with E-state index in [1.54, 1.807) is 0 Å². The minimum absolute atomic E-state index is 0.365. The van der Waals surface area contributed by atoms with Gasteiger partial charge in [0.1, 0.15) is 0 Å². The normalized spacial score (nSPS) is 32.9. The van der Waals surface area contributed by atoms with Crippen molar-refractivity contribution in [3.8, 4) is 0 Å². The lowest BCUT2D eigenvalue weighted by Gasteiger charge is -2.25. The summed E-state index contributed by atoms with van der Waals surface area (Å²) in [5.41, 5.74) is 1.06. The van der Waals surface area contributed by atoms with Gasteiger partial charge < -0.3 is 0 Å². The molecule has 2 atom stereocenters. The van der Waals surface area contributed by atoms with Gasteiger partial charge in [-0.3, -0.25) is 4.79 Å². The van der Waals surface area contributed by atoms with Crippen molar-refractivity contribution in [2.75, 3.05) is 0 Å². The van der Waals surface area contributed by atoms with E-state index in [1.165, 1.54) is 12.8 Å². The van der Waals surface area contributed by atoms with E-state index in [1.807, 2.05) is 6.08 Å². The molecule has 0 spiro atoms. The Morgan fingerprint density at radius 1 is 1.43 bits per heavy atom. The molecule has 0 aromatic rings. The Balaban J connectivity index is 2.34. The van der Waals surface area contributed by atoms with Crippen LogP contribution in [0.1, 0.15) is 32.6 Å². The van der Waals surface area contributed by atoms with Crippen LogP contribution in [0.4, 0.5) is 0 Å². The monoisotopic (exact) mass is 254 g/mol. The first-order valence-electron chi connectivity index (χ1n) is 5.30. The Labute approximate surface area is 93.4 Å². The maximum atomic E-state index is 11.8. The molecule has 1 fully saturated rings. The molecule has 0 aromatic heterocycles. The summed E-state index contributed by atoms with van der Waals surface area (Å²) in [5.74, 6) is 1.35. The van der Waals surface area contributed by atoms with Crippen LogP contribution in [0.3, 0.4) is 0 Å². The molecule has 0 aliphatic heterocycles. The molecule has 0 bridgehead atoms. The van der Waals surface area contributed by atoms with Crippen molar-refractivity contribution in [3.05, 3.63) is 22.2 Å². The van der Waals surface area contributed by atoms with Crippen molar-refractivity contribution in [1.29, 1.82) is 0 Å². The second kappa shape index (κ2) is 4.01. The number of hydrogen-bond acceptors (Lipinski definition) is 1. The number of halogens is 1. The average molecular weight is 255 g/mol. The summed E-state index contributed by atoms with van der Waals surface area (Å²) in [6, 6.07) is 0. The second-order valence-electron chi connectivity index (χ2n) is 4.29. The summed E-state index contributed by atoms with van der Waals surface area (Å²) in [4.78, 5) is 11.8. The van der Waals surface area contributed by atoms with Crippen LogP contribution < -0.4 is 0 Å². The fraction of sp³-hybridized carbons (Fsp3) is 0.583. The highest BCUT2D eigenvalue weighted by molar-refractivity contribution is 9.11. The molecule has 76 valence electrons. The highest BCUT2D eigenvalue weighted by Gasteiger charge is 2.29. The number of carbonyl (C=O) groups excluding carboxylic acids is 1. The predicted molar refractivity (Wildman–Crippen MR) is 61.2 cm³/mol. The molecule has 0 N–H and O–H groups in total. The molecule has 1 nitrogen and oxygen atoms in total. The number of hydrogen-bond donors (Lipinski definition) is 0. The van der Waals surface area contributed by atoms with Gasteiger partial charge in [-0.15, -0.1) is 0 Å². The van der Waals surface area contributed by atoms with Gasteiger partial charge in [0.2, 0.25) is 0 Å². The Morgan fingerprint density at radius 2 is 2.21 bits per heavy atom. The Kier molecular flexibility index (Phi) is 2.91. The summed E-state index contributed by atoms with van der Waals surface area (Å²) in [7, 11) is 0. The molecule has 0 heterocycles. The van der Waals surface area contributed by atoms with E-state index < -0.39 is 0 Å². The van der Waals surface area contributed by atoms with Crippen molar-refractivity contribution in [1.82, 2.24) is 0 Å². The third kappa shape index (κ3) is 1.85. The zero-order chi connectivity index (χ0) is 10.1. The van der Waals surface area contributed by atoms with Crippen LogP contribution in [-0.4, -0.2) is 5.78 Å². The van der Waals surface area contributed by atoms with Gasteiger partial charge in [0, 0.05) is 10.9 Å². The number of carbonyl (C=O) groups is 1. The maximum Gasteiger partial charge on any atom is 0.159 e. The number of ketones is 1.